The number of ether oxygens (including phenoxy) is 1. The minimum atomic E-state index is -1.59. The fourth-order valence-corrected chi connectivity index (χ4v) is 1.41. The van der Waals surface area contributed by atoms with Crippen LogP contribution < -0.4 is 4.74 Å². The first kappa shape index (κ1) is 11.6. The van der Waals surface area contributed by atoms with E-state index in [-0.39, 0.29) is 5.75 Å². The lowest BCUT2D eigenvalue weighted by Crippen LogP contribution is -2.08. The van der Waals surface area contributed by atoms with Gasteiger partial charge in [-0.25, -0.2) is 0 Å². The van der Waals surface area contributed by atoms with Crippen LogP contribution in [0.25, 0.3) is 0 Å². The van der Waals surface area contributed by atoms with Gasteiger partial charge in [-0.3, -0.25) is 4.79 Å². The van der Waals surface area contributed by atoms with Crippen LogP contribution in [0, 0.1) is 0 Å². The van der Waals surface area contributed by atoms with Crippen molar-refractivity contribution < 1.29 is 9.53 Å². The summed E-state index contributed by atoms with van der Waals surface area (Å²) in [6.45, 7) is 1.29. The number of benzene rings is 1. The Morgan fingerprint density at radius 1 is 1.29 bits per heavy atom. The van der Waals surface area contributed by atoms with Crippen LogP contribution in [0.3, 0.4) is 0 Å². The molecule has 0 amide bonds. The van der Waals surface area contributed by atoms with E-state index in [0.29, 0.717) is 5.56 Å². The van der Waals surface area contributed by atoms with Gasteiger partial charge in [-0.05, 0) is 6.07 Å². The van der Waals surface area contributed by atoms with Gasteiger partial charge in [0.2, 0.25) is 3.79 Å². The second kappa shape index (κ2) is 4.39. The third-order valence-corrected chi connectivity index (χ3v) is 2.06. The molecule has 1 rings (SSSR count). The minimum absolute atomic E-state index is 0.264. The number of carbonyl (C=O) groups excluding carboxylic acids is 1. The maximum atomic E-state index is 10.7. The summed E-state index contributed by atoms with van der Waals surface area (Å²) in [6.07, 6.45) is 0. The molecule has 0 unspecified atom stereocenters. The molecule has 0 spiro atoms. The lowest BCUT2D eigenvalue weighted by Gasteiger charge is -2.14. The SMILES string of the molecule is CC(=O)Oc1ccccc1C(Cl)(Cl)Cl. The van der Waals surface area contributed by atoms with Crippen LogP contribution in [-0.4, -0.2) is 5.97 Å². The van der Waals surface area contributed by atoms with E-state index >= 15 is 0 Å². The van der Waals surface area contributed by atoms with E-state index < -0.39 is 9.76 Å². The second-order valence-corrected chi connectivity index (χ2v) is 4.87. The molecule has 1 aromatic carbocycles. The van der Waals surface area contributed by atoms with Crippen molar-refractivity contribution in [2.75, 3.05) is 0 Å². The Labute approximate surface area is 96.7 Å². The van der Waals surface area contributed by atoms with Crippen molar-refractivity contribution in [1.82, 2.24) is 0 Å². The van der Waals surface area contributed by atoms with Gasteiger partial charge in [0.05, 0.1) is 0 Å². The molecule has 1 aromatic rings. The van der Waals surface area contributed by atoms with Crippen molar-refractivity contribution in [3.8, 4) is 5.75 Å². The third-order valence-electron chi connectivity index (χ3n) is 1.45. The molecule has 0 aromatic heterocycles. The number of halogens is 3. The van der Waals surface area contributed by atoms with Crippen LogP contribution in [-0.2, 0) is 8.59 Å². The molecule has 0 saturated heterocycles. The van der Waals surface area contributed by atoms with Crippen LogP contribution >= 0.6 is 34.8 Å². The summed E-state index contributed by atoms with van der Waals surface area (Å²) in [5.41, 5.74) is 0.347. The van der Waals surface area contributed by atoms with Gasteiger partial charge < -0.3 is 4.74 Å². The molecule has 0 atom stereocenters. The number of alkyl halides is 3. The molecular formula is C9H7Cl3O2. The van der Waals surface area contributed by atoms with Crippen LogP contribution in [0.1, 0.15) is 12.5 Å². The van der Waals surface area contributed by atoms with Crippen LogP contribution in [0.2, 0.25) is 0 Å². The fourth-order valence-electron chi connectivity index (χ4n) is 0.945. The summed E-state index contributed by atoms with van der Waals surface area (Å²) in [4.78, 5) is 10.7. The molecule has 0 bridgehead atoms. The van der Waals surface area contributed by atoms with E-state index in [9.17, 15) is 4.79 Å². The summed E-state index contributed by atoms with van der Waals surface area (Å²) >= 11 is 17.1. The summed E-state index contributed by atoms with van der Waals surface area (Å²) in [7, 11) is 0. The normalized spacial score (nSPS) is 11.1. The van der Waals surface area contributed by atoms with Crippen LogP contribution in [0.15, 0.2) is 24.3 Å². The van der Waals surface area contributed by atoms with Gasteiger partial charge in [0.25, 0.3) is 0 Å². The van der Waals surface area contributed by atoms with E-state index in [1.807, 2.05) is 0 Å². The molecule has 0 heterocycles. The molecule has 2 nitrogen and oxygen atoms in total. The Hall–Kier alpha value is -0.440. The highest BCUT2D eigenvalue weighted by Crippen LogP contribution is 2.42. The van der Waals surface area contributed by atoms with Crippen molar-refractivity contribution in [2.24, 2.45) is 0 Å². The zero-order valence-corrected chi connectivity index (χ0v) is 9.53. The summed E-state index contributed by atoms with van der Waals surface area (Å²) in [5, 5.41) is 0. The molecule has 0 saturated carbocycles. The first-order valence-corrected chi connectivity index (χ1v) is 4.89. The van der Waals surface area contributed by atoms with Gasteiger partial charge in [-0.1, -0.05) is 53.0 Å². The first-order chi connectivity index (χ1) is 6.41. The van der Waals surface area contributed by atoms with Gasteiger partial charge >= 0.3 is 5.97 Å². The zero-order valence-electron chi connectivity index (χ0n) is 7.26. The molecule has 0 aliphatic heterocycles. The smallest absolute Gasteiger partial charge is 0.308 e. The molecule has 0 aliphatic rings. The molecule has 76 valence electrons. The lowest BCUT2D eigenvalue weighted by molar-refractivity contribution is -0.131. The molecule has 5 heteroatoms. The number of esters is 1. The number of carbonyl (C=O) groups is 1. The van der Waals surface area contributed by atoms with Crippen molar-refractivity contribution in [3.63, 3.8) is 0 Å². The van der Waals surface area contributed by atoms with Gasteiger partial charge in [-0.15, -0.1) is 0 Å². The highest BCUT2D eigenvalue weighted by molar-refractivity contribution is 6.66. The molecule has 0 N–H and O–H groups in total. The van der Waals surface area contributed by atoms with Gasteiger partial charge in [0.15, 0.2) is 0 Å². The van der Waals surface area contributed by atoms with E-state index in [4.69, 9.17) is 39.5 Å². The third kappa shape index (κ3) is 3.05. The van der Waals surface area contributed by atoms with Crippen molar-refractivity contribution in [3.05, 3.63) is 29.8 Å². The number of hydrogen-bond donors (Lipinski definition) is 0. The number of hydrogen-bond acceptors (Lipinski definition) is 2. The van der Waals surface area contributed by atoms with Crippen LogP contribution in [0.5, 0.6) is 5.75 Å². The summed E-state index contributed by atoms with van der Waals surface area (Å²) in [6, 6.07) is 6.55. The predicted molar refractivity (Wildman–Crippen MR) is 57.0 cm³/mol. The quantitative estimate of drug-likeness (QED) is 0.435. The topological polar surface area (TPSA) is 26.3 Å². The lowest BCUT2D eigenvalue weighted by atomic mass is 10.2. The molecular weight excluding hydrogens is 246 g/mol. The van der Waals surface area contributed by atoms with E-state index in [1.54, 1.807) is 24.3 Å². The zero-order chi connectivity index (χ0) is 10.8. The summed E-state index contributed by atoms with van der Waals surface area (Å²) < 4.78 is 3.29. The highest BCUT2D eigenvalue weighted by Gasteiger charge is 2.27. The fraction of sp³-hybridized carbons (Fsp3) is 0.222. The number of para-hydroxylation sites is 1. The monoisotopic (exact) mass is 252 g/mol. The van der Waals surface area contributed by atoms with Crippen molar-refractivity contribution >= 4 is 40.8 Å². The first-order valence-electron chi connectivity index (χ1n) is 3.76. The standard InChI is InChI=1S/C9H7Cl3O2/c1-6(13)14-8-5-3-2-4-7(8)9(10,11)12/h2-5H,1H3. The number of rotatable bonds is 1. The maximum absolute atomic E-state index is 10.7. The summed E-state index contributed by atoms with van der Waals surface area (Å²) in [5.74, 6) is -0.188. The average molecular weight is 254 g/mol. The minimum Gasteiger partial charge on any atom is -0.426 e. The van der Waals surface area contributed by atoms with E-state index in [1.165, 1.54) is 6.92 Å². The highest BCUT2D eigenvalue weighted by atomic mass is 35.6. The Bertz CT molecular complexity index is 344. The Kier molecular flexibility index (Phi) is 3.65. The van der Waals surface area contributed by atoms with Gasteiger partial charge in [0.1, 0.15) is 5.75 Å². The van der Waals surface area contributed by atoms with Crippen LogP contribution in [0.4, 0.5) is 0 Å². The average Bonchev–Trinajstić information content (AvgIpc) is 2.01. The van der Waals surface area contributed by atoms with Gasteiger partial charge in [-0.2, -0.15) is 0 Å². The predicted octanol–water partition coefficient (Wildman–Crippen LogP) is 3.44. The van der Waals surface area contributed by atoms with Gasteiger partial charge in [0, 0.05) is 12.5 Å². The maximum Gasteiger partial charge on any atom is 0.308 e. The Morgan fingerprint density at radius 3 is 2.36 bits per heavy atom. The Morgan fingerprint density at radius 2 is 1.86 bits per heavy atom. The molecule has 0 aliphatic carbocycles. The molecule has 14 heavy (non-hydrogen) atoms. The van der Waals surface area contributed by atoms with Crippen molar-refractivity contribution in [1.29, 1.82) is 0 Å². The van der Waals surface area contributed by atoms with E-state index in [0.717, 1.165) is 0 Å². The van der Waals surface area contributed by atoms with E-state index in [2.05, 4.69) is 0 Å². The Balaban J connectivity index is 3.10. The van der Waals surface area contributed by atoms with Crippen molar-refractivity contribution in [2.45, 2.75) is 10.7 Å². The largest absolute Gasteiger partial charge is 0.426 e. The second-order valence-electron chi connectivity index (χ2n) is 2.59. The molecule has 0 radical (unpaired) electrons. The molecule has 0 fully saturated rings.